The highest BCUT2D eigenvalue weighted by Gasteiger charge is 2.84. The molecule has 0 nitrogen and oxygen atoms in total. The van der Waals surface area contributed by atoms with Crippen LogP contribution in [0.2, 0.25) is 0 Å². The van der Waals surface area contributed by atoms with Crippen molar-refractivity contribution in [2.24, 2.45) is 0 Å². The molecule has 0 aliphatic heterocycles. The van der Waals surface area contributed by atoms with Gasteiger partial charge in [-0.2, -0.15) is 35.1 Å². The van der Waals surface area contributed by atoms with Crippen LogP contribution in [0.4, 0.5) is 39.5 Å². The van der Waals surface area contributed by atoms with Crippen molar-refractivity contribution in [1.29, 1.82) is 0 Å². The molecule has 19 heavy (non-hydrogen) atoms. The second-order valence-corrected chi connectivity index (χ2v) is 3.50. The summed E-state index contributed by atoms with van der Waals surface area (Å²) in [5.41, 5.74) is -8.53. The lowest BCUT2D eigenvalue weighted by Gasteiger charge is -2.36. The van der Waals surface area contributed by atoms with E-state index in [9.17, 15) is 39.5 Å². The largest absolute Gasteiger partial charge is 0.438 e. The monoisotopic (exact) mass is 295 g/mol. The molecule has 0 aliphatic carbocycles. The smallest absolute Gasteiger partial charge is 0.216 e. The van der Waals surface area contributed by atoms with E-state index >= 15 is 0 Å². The van der Waals surface area contributed by atoms with Gasteiger partial charge in [-0.15, -0.1) is 0 Å². The van der Waals surface area contributed by atoms with Crippen molar-refractivity contribution in [1.82, 2.24) is 0 Å². The van der Waals surface area contributed by atoms with Crippen LogP contribution in [0.3, 0.4) is 0 Å². The normalized spacial score (nSPS) is 14.6. The molecule has 9 heteroatoms. The number of hydrogen-bond acceptors (Lipinski definition) is 0. The van der Waals surface area contributed by atoms with Gasteiger partial charge in [-0.25, -0.2) is 4.39 Å². The molecule has 0 unspecified atom stereocenters. The van der Waals surface area contributed by atoms with Crippen LogP contribution in [0.25, 0.3) is 0 Å². The minimum atomic E-state index is -6.83. The standard InChI is InChI=1S/C10H4F9/c11-7(12,6-4-2-1-3-5-6)8(13,9(14,15)16)10(17,18)19/h1-4H. The Morgan fingerprint density at radius 2 is 1.21 bits per heavy atom. The van der Waals surface area contributed by atoms with Crippen LogP contribution in [0, 0.1) is 6.07 Å². The third kappa shape index (κ3) is 2.25. The van der Waals surface area contributed by atoms with E-state index in [4.69, 9.17) is 0 Å². The molecular weight excluding hydrogens is 291 g/mol. The van der Waals surface area contributed by atoms with Gasteiger partial charge in [0.2, 0.25) is 0 Å². The summed E-state index contributed by atoms with van der Waals surface area (Å²) in [5.74, 6) is -5.86. The Balaban J connectivity index is 3.51. The van der Waals surface area contributed by atoms with Gasteiger partial charge in [0.25, 0.3) is 0 Å². The van der Waals surface area contributed by atoms with Crippen LogP contribution >= 0.6 is 0 Å². The summed E-state index contributed by atoms with van der Waals surface area (Å²) in [7, 11) is 0. The van der Waals surface area contributed by atoms with Gasteiger partial charge >= 0.3 is 23.9 Å². The molecule has 0 aliphatic rings. The lowest BCUT2D eigenvalue weighted by atomic mass is 9.90. The molecule has 0 saturated carbocycles. The van der Waals surface area contributed by atoms with Crippen LogP contribution < -0.4 is 0 Å². The molecule has 1 aromatic carbocycles. The Morgan fingerprint density at radius 1 is 0.737 bits per heavy atom. The van der Waals surface area contributed by atoms with Gasteiger partial charge in [0.15, 0.2) is 0 Å². The SMILES string of the molecule is FC(F)(F)C(F)(C(F)(F)F)C(F)(F)c1[c]cccc1. The molecule has 0 fully saturated rings. The summed E-state index contributed by atoms with van der Waals surface area (Å²) in [6, 6.07) is 4.12. The van der Waals surface area contributed by atoms with E-state index in [-0.39, 0.29) is 6.07 Å². The van der Waals surface area contributed by atoms with Gasteiger partial charge in [0, 0.05) is 5.56 Å². The van der Waals surface area contributed by atoms with Gasteiger partial charge in [-0.1, -0.05) is 24.3 Å². The highest BCUT2D eigenvalue weighted by atomic mass is 19.4. The fourth-order valence-electron chi connectivity index (χ4n) is 1.29. The lowest BCUT2D eigenvalue weighted by molar-refractivity contribution is -0.400. The number of alkyl halides is 9. The quantitative estimate of drug-likeness (QED) is 0.709. The van der Waals surface area contributed by atoms with Crippen molar-refractivity contribution in [2.45, 2.75) is 23.9 Å². The molecule has 1 aromatic rings. The van der Waals surface area contributed by atoms with E-state index in [1.807, 2.05) is 0 Å². The second-order valence-electron chi connectivity index (χ2n) is 3.50. The Kier molecular flexibility index (Phi) is 3.55. The van der Waals surface area contributed by atoms with Gasteiger partial charge in [0.05, 0.1) is 0 Å². The molecule has 0 N–H and O–H groups in total. The van der Waals surface area contributed by atoms with Crippen molar-refractivity contribution in [3.8, 4) is 0 Å². The number of rotatable bonds is 2. The number of halogens is 9. The minimum Gasteiger partial charge on any atom is -0.216 e. The minimum absolute atomic E-state index is 0.228. The maximum absolute atomic E-state index is 13.4. The summed E-state index contributed by atoms with van der Waals surface area (Å²) in [6.07, 6.45) is -13.7. The lowest BCUT2D eigenvalue weighted by Crippen LogP contribution is -2.63. The van der Waals surface area contributed by atoms with Crippen molar-refractivity contribution >= 4 is 0 Å². The molecule has 0 saturated heterocycles. The molecule has 1 rings (SSSR count). The number of benzene rings is 1. The fraction of sp³-hybridized carbons (Fsp3) is 0.400. The molecule has 0 atom stereocenters. The highest BCUT2D eigenvalue weighted by Crippen LogP contribution is 2.58. The Hall–Kier alpha value is -1.41. The first-order valence-electron chi connectivity index (χ1n) is 4.53. The first-order chi connectivity index (χ1) is 8.36. The molecule has 0 spiro atoms. The zero-order valence-corrected chi connectivity index (χ0v) is 8.71. The molecule has 0 amide bonds. The predicted molar refractivity (Wildman–Crippen MR) is 45.1 cm³/mol. The maximum Gasteiger partial charge on any atom is 0.438 e. The van der Waals surface area contributed by atoms with Crippen LogP contribution in [0.1, 0.15) is 5.56 Å². The van der Waals surface area contributed by atoms with E-state index in [0.29, 0.717) is 6.07 Å². The molecule has 0 heterocycles. The van der Waals surface area contributed by atoms with Gasteiger partial charge in [-0.3, -0.25) is 0 Å². The summed E-state index contributed by atoms with van der Waals surface area (Å²) in [5, 5.41) is 0. The molecular formula is C10H4F9. The van der Waals surface area contributed by atoms with Crippen molar-refractivity contribution in [3.63, 3.8) is 0 Å². The van der Waals surface area contributed by atoms with Gasteiger partial charge in [-0.05, 0) is 6.07 Å². The summed E-state index contributed by atoms with van der Waals surface area (Å²) in [6.45, 7) is 0. The van der Waals surface area contributed by atoms with Crippen molar-refractivity contribution in [2.75, 3.05) is 0 Å². The van der Waals surface area contributed by atoms with E-state index in [1.165, 1.54) is 6.07 Å². The van der Waals surface area contributed by atoms with Gasteiger partial charge < -0.3 is 0 Å². The second kappa shape index (κ2) is 4.31. The summed E-state index contributed by atoms with van der Waals surface area (Å²) in [4.78, 5) is 0. The van der Waals surface area contributed by atoms with Crippen molar-refractivity contribution < 1.29 is 39.5 Å². The van der Waals surface area contributed by atoms with Gasteiger partial charge in [0.1, 0.15) is 0 Å². The summed E-state index contributed by atoms with van der Waals surface area (Å²) < 4.78 is 113. The first kappa shape index (κ1) is 15.6. The predicted octanol–water partition coefficient (Wildman–Crippen LogP) is 4.41. The average molecular weight is 295 g/mol. The molecule has 1 radical (unpaired) electrons. The zero-order chi connectivity index (χ0) is 15.1. The molecule has 107 valence electrons. The third-order valence-electron chi connectivity index (χ3n) is 2.26. The van der Waals surface area contributed by atoms with Crippen LogP contribution in [0.5, 0.6) is 0 Å². The average Bonchev–Trinajstić information content (AvgIpc) is 2.26. The Bertz CT molecular complexity index is 415. The van der Waals surface area contributed by atoms with Crippen LogP contribution in [-0.2, 0) is 5.92 Å². The Morgan fingerprint density at radius 3 is 1.53 bits per heavy atom. The number of hydrogen-bond donors (Lipinski definition) is 0. The first-order valence-corrected chi connectivity index (χ1v) is 4.53. The maximum atomic E-state index is 13.4. The third-order valence-corrected chi connectivity index (χ3v) is 2.26. The molecule has 0 bridgehead atoms. The highest BCUT2D eigenvalue weighted by molar-refractivity contribution is 5.25. The zero-order valence-electron chi connectivity index (χ0n) is 8.71. The van der Waals surface area contributed by atoms with E-state index in [1.54, 1.807) is 0 Å². The van der Waals surface area contributed by atoms with E-state index in [0.717, 1.165) is 12.1 Å². The van der Waals surface area contributed by atoms with Crippen molar-refractivity contribution in [3.05, 3.63) is 35.9 Å². The fourth-order valence-corrected chi connectivity index (χ4v) is 1.29. The van der Waals surface area contributed by atoms with Crippen LogP contribution in [-0.4, -0.2) is 18.0 Å². The van der Waals surface area contributed by atoms with E-state index in [2.05, 4.69) is 0 Å². The summed E-state index contributed by atoms with van der Waals surface area (Å²) >= 11 is 0. The Labute approximate surface area is 100 Å². The molecule has 0 aromatic heterocycles. The topological polar surface area (TPSA) is 0 Å². The van der Waals surface area contributed by atoms with Crippen LogP contribution in [0.15, 0.2) is 24.3 Å². The van der Waals surface area contributed by atoms with E-state index < -0.39 is 29.5 Å².